The van der Waals surface area contributed by atoms with Crippen molar-refractivity contribution in [1.82, 2.24) is 0 Å². The number of hydrogen-bond acceptors (Lipinski definition) is 3. The largest absolute Gasteiger partial charge is 0.332 e. The van der Waals surface area contributed by atoms with E-state index >= 15 is 0 Å². The molecule has 4 aliphatic rings. The van der Waals surface area contributed by atoms with Gasteiger partial charge in [-0.05, 0) is 82.4 Å². The first-order chi connectivity index (χ1) is 24.3. The van der Waals surface area contributed by atoms with Gasteiger partial charge in [0.25, 0.3) is 0 Å². The summed E-state index contributed by atoms with van der Waals surface area (Å²) in [6.07, 6.45) is 11.6. The molecule has 6 aromatic carbocycles. The highest BCUT2D eigenvalue weighted by molar-refractivity contribution is 7.25. The van der Waals surface area contributed by atoms with Crippen LogP contribution in [0, 0.1) is 5.92 Å². The minimum absolute atomic E-state index is 0.254. The second kappa shape index (κ2) is 10.3. The third-order valence-electron chi connectivity index (χ3n) is 10.8. The Balaban J connectivity index is 1.10. The van der Waals surface area contributed by atoms with E-state index in [1.807, 2.05) is 11.3 Å². The molecule has 11 rings (SSSR count). The summed E-state index contributed by atoms with van der Waals surface area (Å²) in [6.45, 7) is 0. The van der Waals surface area contributed by atoms with E-state index in [0.29, 0.717) is 5.92 Å². The fourth-order valence-electron chi connectivity index (χ4n) is 8.62. The molecule has 49 heavy (non-hydrogen) atoms. The smallest absolute Gasteiger partial charge is 0.0707 e. The molecule has 3 heterocycles. The predicted molar refractivity (Wildman–Crippen MR) is 208 cm³/mol. The lowest BCUT2D eigenvalue weighted by Gasteiger charge is -2.44. The number of fused-ring (bicyclic) bond motifs is 9. The zero-order chi connectivity index (χ0) is 32.1. The molecule has 0 N–H and O–H groups in total. The summed E-state index contributed by atoms with van der Waals surface area (Å²) in [5, 5.41) is 2.64. The molecule has 7 aromatic rings. The van der Waals surface area contributed by atoms with E-state index in [0.717, 1.165) is 17.1 Å². The topological polar surface area (TPSA) is 6.48 Å². The van der Waals surface area contributed by atoms with E-state index in [-0.39, 0.29) is 6.04 Å². The van der Waals surface area contributed by atoms with Gasteiger partial charge in [-0.1, -0.05) is 115 Å². The van der Waals surface area contributed by atoms with Crippen molar-refractivity contribution in [2.45, 2.75) is 6.04 Å². The third-order valence-corrected chi connectivity index (χ3v) is 11.9. The lowest BCUT2D eigenvalue weighted by molar-refractivity contribution is 0.669. The zero-order valence-corrected chi connectivity index (χ0v) is 27.4. The van der Waals surface area contributed by atoms with E-state index in [4.69, 9.17) is 0 Å². The van der Waals surface area contributed by atoms with Crippen LogP contribution in [0.2, 0.25) is 0 Å². The van der Waals surface area contributed by atoms with Gasteiger partial charge in [0.05, 0.1) is 6.04 Å². The number of rotatable bonds is 4. The Bertz CT molecular complexity index is 2620. The quantitative estimate of drug-likeness (QED) is 0.188. The van der Waals surface area contributed by atoms with Crippen LogP contribution in [0.25, 0.3) is 42.4 Å². The first kappa shape index (κ1) is 27.1. The molecule has 2 unspecified atom stereocenters. The molecular weight excluding hydrogens is 613 g/mol. The van der Waals surface area contributed by atoms with Gasteiger partial charge in [-0.2, -0.15) is 0 Å². The SMILES string of the molecule is C1=CC2=CC=C3c4cc(N(c5ccc(-c6ccccc6)cc5)c5ccc6c(c5)sc5ccccc56)ccc4N4c5ccccc5C(=C1)C2C34. The summed E-state index contributed by atoms with van der Waals surface area (Å²) in [7, 11) is 0. The molecule has 0 amide bonds. The Morgan fingerprint density at radius 2 is 1.22 bits per heavy atom. The van der Waals surface area contributed by atoms with Gasteiger partial charge in [0, 0.05) is 65.7 Å². The second-order valence-electron chi connectivity index (χ2n) is 13.3. The summed E-state index contributed by atoms with van der Waals surface area (Å²) >= 11 is 1.87. The first-order valence-electron chi connectivity index (χ1n) is 17.0. The molecule has 0 spiro atoms. The van der Waals surface area contributed by atoms with Crippen molar-refractivity contribution in [2.24, 2.45) is 5.92 Å². The van der Waals surface area contributed by atoms with Crippen LogP contribution in [0.5, 0.6) is 0 Å². The average molecular weight is 643 g/mol. The highest BCUT2D eigenvalue weighted by Crippen LogP contribution is 2.59. The fourth-order valence-corrected chi connectivity index (χ4v) is 9.76. The van der Waals surface area contributed by atoms with Crippen LogP contribution in [-0.2, 0) is 0 Å². The van der Waals surface area contributed by atoms with Crippen LogP contribution in [-0.4, -0.2) is 6.04 Å². The highest BCUT2D eigenvalue weighted by atomic mass is 32.1. The number of allylic oxidation sites excluding steroid dienone is 5. The molecule has 3 heteroatoms. The van der Waals surface area contributed by atoms with Crippen LogP contribution >= 0.6 is 11.3 Å². The second-order valence-corrected chi connectivity index (χ2v) is 14.4. The van der Waals surface area contributed by atoms with Gasteiger partial charge in [-0.3, -0.25) is 0 Å². The molecule has 2 aliphatic carbocycles. The monoisotopic (exact) mass is 642 g/mol. The fraction of sp³-hybridized carbons (Fsp3) is 0.0435. The summed E-state index contributed by atoms with van der Waals surface area (Å²) < 4.78 is 2.63. The lowest BCUT2D eigenvalue weighted by atomic mass is 9.71. The van der Waals surface area contributed by atoms with Crippen LogP contribution in [0.4, 0.5) is 28.4 Å². The molecule has 0 fully saturated rings. The van der Waals surface area contributed by atoms with Gasteiger partial charge < -0.3 is 9.80 Å². The average Bonchev–Trinajstić information content (AvgIpc) is 3.71. The number of nitrogens with zero attached hydrogens (tertiary/aromatic N) is 2. The van der Waals surface area contributed by atoms with Crippen molar-refractivity contribution in [3.63, 3.8) is 0 Å². The van der Waals surface area contributed by atoms with E-state index in [2.05, 4.69) is 180 Å². The number of benzene rings is 6. The van der Waals surface area contributed by atoms with Crippen molar-refractivity contribution in [3.05, 3.63) is 187 Å². The molecule has 1 aromatic heterocycles. The molecule has 230 valence electrons. The maximum absolute atomic E-state index is 2.61. The Hall–Kier alpha value is -5.90. The maximum atomic E-state index is 2.61. The standard InChI is InChI=1S/C46H30N2S/c1-2-9-29(10-3-1)30-17-20-32(21-18-30)47(34-22-25-37-36-13-5-7-16-43(36)49-44(37)28-34)33-23-26-42-40(27-33)39-24-19-31-11-8-14-38-35-12-4-6-15-41(35)48(42)46(39)45(31)38/h1-28,45-46H. The molecule has 2 nitrogen and oxygen atoms in total. The van der Waals surface area contributed by atoms with Gasteiger partial charge >= 0.3 is 0 Å². The van der Waals surface area contributed by atoms with E-state index in [9.17, 15) is 0 Å². The minimum atomic E-state index is 0.254. The predicted octanol–water partition coefficient (Wildman–Crippen LogP) is 12.6. The van der Waals surface area contributed by atoms with E-state index < -0.39 is 0 Å². The van der Waals surface area contributed by atoms with Crippen molar-refractivity contribution in [3.8, 4) is 11.1 Å². The maximum Gasteiger partial charge on any atom is 0.0707 e. The van der Waals surface area contributed by atoms with Gasteiger partial charge in [0.1, 0.15) is 0 Å². The van der Waals surface area contributed by atoms with Gasteiger partial charge in [-0.25, -0.2) is 0 Å². The van der Waals surface area contributed by atoms with Crippen LogP contribution in [0.15, 0.2) is 175 Å². The molecule has 2 atom stereocenters. The molecule has 2 aliphatic heterocycles. The van der Waals surface area contributed by atoms with Crippen molar-refractivity contribution < 1.29 is 0 Å². The minimum Gasteiger partial charge on any atom is -0.332 e. The van der Waals surface area contributed by atoms with Gasteiger partial charge in [0.15, 0.2) is 0 Å². The Morgan fingerprint density at radius 3 is 2.14 bits per heavy atom. The lowest BCUT2D eigenvalue weighted by Crippen LogP contribution is -2.41. The van der Waals surface area contributed by atoms with Crippen molar-refractivity contribution in [2.75, 3.05) is 9.80 Å². The van der Waals surface area contributed by atoms with Crippen LogP contribution in [0.1, 0.15) is 11.1 Å². The molecule has 0 saturated carbocycles. The van der Waals surface area contributed by atoms with Gasteiger partial charge in [0.2, 0.25) is 0 Å². The Kier molecular flexibility index (Phi) is 5.69. The van der Waals surface area contributed by atoms with Crippen molar-refractivity contribution in [1.29, 1.82) is 0 Å². The van der Waals surface area contributed by atoms with E-state index in [1.54, 1.807) is 0 Å². The first-order valence-corrected chi connectivity index (χ1v) is 17.8. The summed E-state index contributed by atoms with van der Waals surface area (Å²) in [5.74, 6) is 0.327. The molecular formula is C46H30N2S. The van der Waals surface area contributed by atoms with E-state index in [1.165, 1.54) is 70.5 Å². The Morgan fingerprint density at radius 1 is 0.510 bits per heavy atom. The number of para-hydroxylation sites is 1. The summed E-state index contributed by atoms with van der Waals surface area (Å²) in [5.41, 5.74) is 15.4. The number of thiophene rings is 1. The zero-order valence-electron chi connectivity index (χ0n) is 26.6. The number of hydrogen-bond donors (Lipinski definition) is 0. The highest BCUT2D eigenvalue weighted by Gasteiger charge is 2.48. The molecule has 0 saturated heterocycles. The number of anilines is 5. The molecule has 0 radical (unpaired) electrons. The normalized spacial score (nSPS) is 18.0. The summed E-state index contributed by atoms with van der Waals surface area (Å²) in [4.78, 5) is 5.04. The summed E-state index contributed by atoms with van der Waals surface area (Å²) in [6, 6.07) is 51.7. The third kappa shape index (κ3) is 3.94. The molecule has 0 bridgehead atoms. The van der Waals surface area contributed by atoms with Crippen LogP contribution in [0.3, 0.4) is 0 Å². The van der Waals surface area contributed by atoms with Crippen LogP contribution < -0.4 is 9.80 Å². The Labute approximate surface area is 289 Å². The van der Waals surface area contributed by atoms with Crippen molar-refractivity contribution >= 4 is 71.1 Å². The van der Waals surface area contributed by atoms with Gasteiger partial charge in [-0.15, -0.1) is 11.3 Å².